The van der Waals surface area contributed by atoms with Crippen LogP contribution in [0.4, 0.5) is 4.39 Å². The van der Waals surface area contributed by atoms with Gasteiger partial charge in [-0.25, -0.2) is 4.39 Å². The van der Waals surface area contributed by atoms with Gasteiger partial charge in [0.05, 0.1) is 0 Å². The minimum Gasteiger partial charge on any atom is -0.357 e. The topological polar surface area (TPSA) is 36.4 Å². The first-order valence-electron chi connectivity index (χ1n) is 7.96. The van der Waals surface area contributed by atoms with Crippen molar-refractivity contribution in [1.29, 1.82) is 0 Å². The summed E-state index contributed by atoms with van der Waals surface area (Å²) < 4.78 is 13.1. The number of hydrogen-bond acceptors (Lipinski definition) is 1. The summed E-state index contributed by atoms with van der Waals surface area (Å²) in [5, 5.41) is 6.62. The van der Waals surface area contributed by atoms with E-state index in [0.29, 0.717) is 0 Å². The van der Waals surface area contributed by atoms with Crippen molar-refractivity contribution in [3.05, 3.63) is 35.1 Å². The minimum atomic E-state index is -0.167. The molecule has 1 aliphatic carbocycles. The van der Waals surface area contributed by atoms with Crippen molar-refractivity contribution in [3.8, 4) is 0 Å². The quantitative estimate of drug-likeness (QED) is 0.598. The second-order valence-electron chi connectivity index (χ2n) is 5.74. The molecule has 1 aliphatic rings. The van der Waals surface area contributed by atoms with Crippen LogP contribution in [0.1, 0.15) is 37.3 Å². The molecule has 2 N–H and O–H groups in total. The predicted octanol–water partition coefficient (Wildman–Crippen LogP) is 3.03. The van der Waals surface area contributed by atoms with Crippen molar-refractivity contribution >= 4 is 5.96 Å². The highest BCUT2D eigenvalue weighted by Crippen LogP contribution is 2.32. The average molecular weight is 291 g/mol. The van der Waals surface area contributed by atoms with E-state index < -0.39 is 0 Å². The molecule has 4 heteroatoms. The Morgan fingerprint density at radius 3 is 2.81 bits per heavy atom. The highest BCUT2D eigenvalue weighted by molar-refractivity contribution is 5.79. The van der Waals surface area contributed by atoms with Gasteiger partial charge in [-0.3, -0.25) is 4.99 Å². The molecule has 0 aliphatic heterocycles. The Balaban J connectivity index is 1.77. The fraction of sp³-hybridized carbons (Fsp3) is 0.588. The molecule has 0 unspecified atom stereocenters. The number of nitrogens with one attached hydrogen (secondary N) is 2. The third-order valence-electron chi connectivity index (χ3n) is 3.84. The third kappa shape index (κ3) is 5.74. The Morgan fingerprint density at radius 1 is 1.33 bits per heavy atom. The summed E-state index contributed by atoms with van der Waals surface area (Å²) in [6.45, 7) is 6.59. The van der Waals surface area contributed by atoms with Crippen LogP contribution in [0.25, 0.3) is 0 Å². The number of aliphatic imine (C=N–C) groups is 1. The van der Waals surface area contributed by atoms with Gasteiger partial charge in [0.15, 0.2) is 5.96 Å². The second-order valence-corrected chi connectivity index (χ2v) is 5.74. The lowest BCUT2D eigenvalue weighted by atomic mass is 10.1. The van der Waals surface area contributed by atoms with Crippen molar-refractivity contribution < 1.29 is 4.39 Å². The largest absolute Gasteiger partial charge is 0.357 e. The normalized spacial score (nSPS) is 15.1. The van der Waals surface area contributed by atoms with Crippen molar-refractivity contribution in [1.82, 2.24) is 10.6 Å². The van der Waals surface area contributed by atoms with Crippen LogP contribution in [0.2, 0.25) is 0 Å². The van der Waals surface area contributed by atoms with Gasteiger partial charge < -0.3 is 10.6 Å². The number of rotatable bonds is 7. The van der Waals surface area contributed by atoms with Gasteiger partial charge in [0.2, 0.25) is 0 Å². The molecule has 0 aromatic heterocycles. The fourth-order valence-electron chi connectivity index (χ4n) is 2.36. The summed E-state index contributed by atoms with van der Waals surface area (Å²) in [6.07, 6.45) is 4.83. The maximum Gasteiger partial charge on any atom is 0.191 e. The molecule has 2 rings (SSSR count). The van der Waals surface area contributed by atoms with Crippen LogP contribution >= 0.6 is 0 Å². The van der Waals surface area contributed by atoms with Crippen LogP contribution in [-0.4, -0.2) is 25.6 Å². The highest BCUT2D eigenvalue weighted by atomic mass is 19.1. The van der Waals surface area contributed by atoms with E-state index in [9.17, 15) is 4.39 Å². The molecule has 3 nitrogen and oxygen atoms in total. The molecule has 0 heterocycles. The van der Waals surface area contributed by atoms with Crippen LogP contribution in [-0.2, 0) is 6.42 Å². The van der Waals surface area contributed by atoms with Crippen LogP contribution in [0.5, 0.6) is 0 Å². The average Bonchev–Trinajstić information content (AvgIpc) is 3.25. The van der Waals surface area contributed by atoms with E-state index in [2.05, 4.69) is 22.5 Å². The summed E-state index contributed by atoms with van der Waals surface area (Å²) in [5.41, 5.74) is 2.19. The Bertz CT molecular complexity index is 481. The van der Waals surface area contributed by atoms with E-state index in [4.69, 9.17) is 0 Å². The van der Waals surface area contributed by atoms with Gasteiger partial charge in [-0.2, -0.15) is 0 Å². The molecule has 0 spiro atoms. The van der Waals surface area contributed by atoms with Gasteiger partial charge in [0.1, 0.15) is 5.82 Å². The van der Waals surface area contributed by atoms with Gasteiger partial charge >= 0.3 is 0 Å². The number of nitrogens with zero attached hydrogens (tertiary/aromatic N) is 1. The molecule has 0 radical (unpaired) electrons. The van der Waals surface area contributed by atoms with E-state index >= 15 is 0 Å². The molecule has 21 heavy (non-hydrogen) atoms. The summed E-state index contributed by atoms with van der Waals surface area (Å²) >= 11 is 0. The second kappa shape index (κ2) is 8.01. The van der Waals surface area contributed by atoms with Crippen molar-refractivity contribution in [2.45, 2.75) is 39.5 Å². The summed E-state index contributed by atoms with van der Waals surface area (Å²) in [6, 6.07) is 4.98. The van der Waals surface area contributed by atoms with Crippen LogP contribution in [0.3, 0.4) is 0 Å². The summed E-state index contributed by atoms with van der Waals surface area (Å²) in [4.78, 5) is 4.60. The zero-order valence-electron chi connectivity index (χ0n) is 13.1. The van der Waals surface area contributed by atoms with Crippen LogP contribution < -0.4 is 10.6 Å². The van der Waals surface area contributed by atoms with E-state index in [0.717, 1.165) is 43.5 Å². The lowest BCUT2D eigenvalue weighted by molar-refractivity contribution is 0.625. The Hall–Kier alpha value is -1.58. The number of halogens is 1. The van der Waals surface area contributed by atoms with Gasteiger partial charge in [0, 0.05) is 19.6 Å². The monoisotopic (exact) mass is 291 g/mol. The molecular formula is C17H26FN3. The number of benzene rings is 1. The first kappa shape index (κ1) is 15.8. The molecule has 116 valence electrons. The van der Waals surface area contributed by atoms with E-state index in [-0.39, 0.29) is 5.82 Å². The molecule has 0 amide bonds. The smallest absolute Gasteiger partial charge is 0.191 e. The zero-order chi connectivity index (χ0) is 15.1. The number of hydrogen-bond donors (Lipinski definition) is 2. The van der Waals surface area contributed by atoms with Gasteiger partial charge in [-0.05, 0) is 55.9 Å². The van der Waals surface area contributed by atoms with Crippen LogP contribution in [0, 0.1) is 18.7 Å². The van der Waals surface area contributed by atoms with Gasteiger partial charge in [0.25, 0.3) is 0 Å². The van der Waals surface area contributed by atoms with E-state index in [1.54, 1.807) is 6.07 Å². The molecule has 1 fully saturated rings. The number of guanidine groups is 1. The standard InChI is InChI=1S/C17H26FN3/c1-3-19-17(20-10-8-14-4-5-14)21-11-9-15-6-7-16(18)12-13(15)2/h6-7,12,14H,3-5,8-11H2,1-2H3,(H2,19,20,21). The molecule has 1 aromatic carbocycles. The fourth-order valence-corrected chi connectivity index (χ4v) is 2.36. The van der Waals surface area contributed by atoms with Crippen molar-refractivity contribution in [2.24, 2.45) is 10.9 Å². The van der Waals surface area contributed by atoms with E-state index in [1.807, 2.05) is 13.0 Å². The molecule has 0 atom stereocenters. The first-order valence-corrected chi connectivity index (χ1v) is 7.96. The van der Waals surface area contributed by atoms with Crippen LogP contribution in [0.15, 0.2) is 23.2 Å². The molecule has 0 saturated heterocycles. The maximum atomic E-state index is 13.1. The van der Waals surface area contributed by atoms with Crippen molar-refractivity contribution in [2.75, 3.05) is 19.6 Å². The highest BCUT2D eigenvalue weighted by Gasteiger charge is 2.20. The lowest BCUT2D eigenvalue weighted by Gasteiger charge is -2.12. The SMILES string of the molecule is CCNC(=NCCC1CC1)NCCc1ccc(F)cc1C. The van der Waals surface area contributed by atoms with Crippen molar-refractivity contribution in [3.63, 3.8) is 0 Å². The molecule has 1 aromatic rings. The summed E-state index contributed by atoms with van der Waals surface area (Å²) in [5.74, 6) is 1.63. The first-order chi connectivity index (χ1) is 10.2. The molecule has 0 bridgehead atoms. The zero-order valence-corrected chi connectivity index (χ0v) is 13.1. The molecular weight excluding hydrogens is 265 g/mol. The lowest BCUT2D eigenvalue weighted by Crippen LogP contribution is -2.38. The maximum absolute atomic E-state index is 13.1. The van der Waals surface area contributed by atoms with E-state index in [1.165, 1.54) is 30.9 Å². The Kier molecular flexibility index (Phi) is 6.03. The predicted molar refractivity (Wildman–Crippen MR) is 86.2 cm³/mol. The summed E-state index contributed by atoms with van der Waals surface area (Å²) in [7, 11) is 0. The Morgan fingerprint density at radius 2 is 2.14 bits per heavy atom. The minimum absolute atomic E-state index is 0.167. The van der Waals surface area contributed by atoms with Gasteiger partial charge in [-0.1, -0.05) is 18.9 Å². The number of aryl methyl sites for hydroxylation is 1. The Labute approximate surface area is 127 Å². The third-order valence-corrected chi connectivity index (χ3v) is 3.84. The van der Waals surface area contributed by atoms with Gasteiger partial charge in [-0.15, -0.1) is 0 Å². The molecule has 1 saturated carbocycles.